The number of halogens is 3. The molecule has 1 heterocycles. The van der Waals surface area contributed by atoms with Gasteiger partial charge in [0.1, 0.15) is 5.75 Å². The minimum absolute atomic E-state index is 0.0992. The van der Waals surface area contributed by atoms with Gasteiger partial charge in [-0.15, -0.1) is 0 Å². The zero-order chi connectivity index (χ0) is 11.5. The number of aromatic nitrogens is 2. The lowest BCUT2D eigenvalue weighted by atomic mass is 10.1. The summed E-state index contributed by atoms with van der Waals surface area (Å²) in [5.41, 5.74) is 1.47. The smallest absolute Gasteiger partial charge is 0.387 e. The maximum Gasteiger partial charge on any atom is 0.387 e. The first-order chi connectivity index (χ1) is 7.66. The van der Waals surface area contributed by atoms with E-state index in [0.29, 0.717) is 4.47 Å². The average Bonchev–Trinajstić information content (AvgIpc) is 2.73. The van der Waals surface area contributed by atoms with Crippen LogP contribution >= 0.6 is 15.9 Å². The van der Waals surface area contributed by atoms with Crippen LogP contribution in [0.4, 0.5) is 8.78 Å². The van der Waals surface area contributed by atoms with E-state index < -0.39 is 6.61 Å². The van der Waals surface area contributed by atoms with Crippen molar-refractivity contribution in [2.24, 2.45) is 0 Å². The molecule has 0 aliphatic heterocycles. The van der Waals surface area contributed by atoms with Gasteiger partial charge in [-0.3, -0.25) is 0 Å². The molecule has 16 heavy (non-hydrogen) atoms. The summed E-state index contributed by atoms with van der Waals surface area (Å²) in [7, 11) is 0. The molecular weight excluding hydrogens is 282 g/mol. The number of benzene rings is 1. The number of ether oxygens (including phenoxy) is 1. The van der Waals surface area contributed by atoms with Crippen molar-refractivity contribution in [2.75, 3.05) is 0 Å². The van der Waals surface area contributed by atoms with Crippen molar-refractivity contribution in [2.45, 2.75) is 6.61 Å². The lowest BCUT2D eigenvalue weighted by Gasteiger charge is -2.08. The number of aromatic amines is 1. The molecule has 0 aliphatic rings. The third-order valence-corrected chi connectivity index (χ3v) is 2.61. The summed E-state index contributed by atoms with van der Waals surface area (Å²) in [6.45, 7) is -2.84. The van der Waals surface area contributed by atoms with E-state index in [1.54, 1.807) is 18.3 Å². The number of hydrogen-bond acceptors (Lipinski definition) is 2. The Kier molecular flexibility index (Phi) is 3.19. The van der Waals surface area contributed by atoms with Gasteiger partial charge in [0.2, 0.25) is 0 Å². The van der Waals surface area contributed by atoms with Gasteiger partial charge >= 0.3 is 6.61 Å². The number of nitrogens with zero attached hydrogens (tertiary/aromatic N) is 1. The molecule has 1 aromatic heterocycles. The quantitative estimate of drug-likeness (QED) is 0.939. The highest BCUT2D eigenvalue weighted by molar-refractivity contribution is 9.10. The number of nitrogens with one attached hydrogen (secondary N) is 1. The first-order valence-electron chi connectivity index (χ1n) is 4.40. The van der Waals surface area contributed by atoms with E-state index in [-0.39, 0.29) is 5.75 Å². The van der Waals surface area contributed by atoms with Gasteiger partial charge in [-0.05, 0) is 28.1 Å². The van der Waals surface area contributed by atoms with E-state index in [2.05, 4.69) is 30.6 Å². The van der Waals surface area contributed by atoms with E-state index in [4.69, 9.17) is 0 Å². The monoisotopic (exact) mass is 288 g/mol. The van der Waals surface area contributed by atoms with Gasteiger partial charge in [-0.1, -0.05) is 6.07 Å². The number of H-pyrrole nitrogens is 1. The molecule has 1 N–H and O–H groups in total. The van der Waals surface area contributed by atoms with Gasteiger partial charge in [-0.2, -0.15) is 8.78 Å². The largest absolute Gasteiger partial charge is 0.434 e. The summed E-state index contributed by atoms with van der Waals surface area (Å²) < 4.78 is 29.1. The zero-order valence-corrected chi connectivity index (χ0v) is 9.54. The summed E-state index contributed by atoms with van der Waals surface area (Å²) in [6.07, 6.45) is 3.13. The van der Waals surface area contributed by atoms with E-state index in [9.17, 15) is 8.78 Å². The Hall–Kier alpha value is -1.43. The summed E-state index contributed by atoms with van der Waals surface area (Å²) in [5.74, 6) is 0.0992. The molecule has 3 nitrogen and oxygen atoms in total. The minimum atomic E-state index is -2.84. The summed E-state index contributed by atoms with van der Waals surface area (Å²) in [5, 5.41) is 0. The Morgan fingerprint density at radius 3 is 2.81 bits per heavy atom. The SMILES string of the molecule is FC(F)Oc1cc(-c2cnc[nH]2)ccc1Br. The second-order valence-electron chi connectivity index (χ2n) is 2.99. The third kappa shape index (κ3) is 2.38. The molecule has 0 atom stereocenters. The molecule has 6 heteroatoms. The maximum atomic E-state index is 12.1. The van der Waals surface area contributed by atoms with Crippen LogP contribution in [0.3, 0.4) is 0 Å². The fraction of sp³-hybridized carbons (Fsp3) is 0.100. The van der Waals surface area contributed by atoms with Gasteiger partial charge in [0.15, 0.2) is 0 Å². The Morgan fingerprint density at radius 1 is 1.38 bits per heavy atom. The van der Waals surface area contributed by atoms with Crippen molar-refractivity contribution in [1.29, 1.82) is 0 Å². The molecule has 0 amide bonds. The molecule has 2 aromatic rings. The first kappa shape index (κ1) is 11.1. The highest BCUT2D eigenvalue weighted by Crippen LogP contribution is 2.30. The van der Waals surface area contributed by atoms with Crippen LogP contribution in [-0.4, -0.2) is 16.6 Å². The van der Waals surface area contributed by atoms with Crippen LogP contribution < -0.4 is 4.74 Å². The van der Waals surface area contributed by atoms with Crippen molar-refractivity contribution in [3.63, 3.8) is 0 Å². The van der Waals surface area contributed by atoms with E-state index in [1.807, 2.05) is 0 Å². The van der Waals surface area contributed by atoms with Crippen molar-refractivity contribution < 1.29 is 13.5 Å². The molecule has 1 aromatic carbocycles. The number of hydrogen-bond donors (Lipinski definition) is 1. The fourth-order valence-corrected chi connectivity index (χ4v) is 1.61. The van der Waals surface area contributed by atoms with E-state index in [0.717, 1.165) is 11.3 Å². The molecule has 0 saturated heterocycles. The Morgan fingerprint density at radius 2 is 2.19 bits per heavy atom. The van der Waals surface area contributed by atoms with Crippen LogP contribution in [0.2, 0.25) is 0 Å². The molecule has 0 bridgehead atoms. The van der Waals surface area contributed by atoms with Crippen LogP contribution in [0, 0.1) is 0 Å². The molecule has 0 unspecified atom stereocenters. The maximum absolute atomic E-state index is 12.1. The number of rotatable bonds is 3. The zero-order valence-electron chi connectivity index (χ0n) is 7.95. The molecule has 2 rings (SSSR count). The van der Waals surface area contributed by atoms with Crippen LogP contribution in [0.25, 0.3) is 11.3 Å². The number of alkyl halides is 2. The third-order valence-electron chi connectivity index (χ3n) is 1.96. The molecule has 0 saturated carbocycles. The van der Waals surface area contributed by atoms with Gasteiger partial charge in [0.25, 0.3) is 0 Å². The second-order valence-corrected chi connectivity index (χ2v) is 3.84. The molecule has 0 fully saturated rings. The summed E-state index contributed by atoms with van der Waals surface area (Å²) in [4.78, 5) is 6.74. The topological polar surface area (TPSA) is 37.9 Å². The Balaban J connectivity index is 2.36. The Bertz CT molecular complexity index is 474. The van der Waals surface area contributed by atoms with Gasteiger partial charge in [0, 0.05) is 5.56 Å². The summed E-state index contributed by atoms with van der Waals surface area (Å²) in [6, 6.07) is 4.94. The average molecular weight is 289 g/mol. The highest BCUT2D eigenvalue weighted by Gasteiger charge is 2.10. The predicted octanol–water partition coefficient (Wildman–Crippen LogP) is 3.44. The minimum Gasteiger partial charge on any atom is -0.434 e. The lowest BCUT2D eigenvalue weighted by molar-refractivity contribution is -0.0503. The molecule has 84 valence electrons. The van der Waals surface area contributed by atoms with Crippen LogP contribution in [0.15, 0.2) is 35.2 Å². The lowest BCUT2D eigenvalue weighted by Crippen LogP contribution is -2.02. The van der Waals surface area contributed by atoms with Crippen molar-refractivity contribution in [3.8, 4) is 17.0 Å². The van der Waals surface area contributed by atoms with Crippen molar-refractivity contribution >= 4 is 15.9 Å². The molecular formula is C10H7BrF2N2O. The first-order valence-corrected chi connectivity index (χ1v) is 5.19. The number of imidazole rings is 1. The van der Waals surface area contributed by atoms with Crippen molar-refractivity contribution in [1.82, 2.24) is 9.97 Å². The van der Waals surface area contributed by atoms with Crippen LogP contribution in [0.1, 0.15) is 0 Å². The normalized spacial score (nSPS) is 10.8. The predicted molar refractivity (Wildman–Crippen MR) is 58.4 cm³/mol. The summed E-state index contributed by atoms with van der Waals surface area (Å²) >= 11 is 3.14. The van der Waals surface area contributed by atoms with E-state index in [1.165, 1.54) is 12.4 Å². The fourth-order valence-electron chi connectivity index (χ4n) is 1.27. The van der Waals surface area contributed by atoms with Gasteiger partial charge in [-0.25, -0.2) is 4.98 Å². The van der Waals surface area contributed by atoms with Crippen molar-refractivity contribution in [3.05, 3.63) is 35.2 Å². The van der Waals surface area contributed by atoms with Gasteiger partial charge < -0.3 is 9.72 Å². The van der Waals surface area contributed by atoms with Crippen LogP contribution in [0.5, 0.6) is 5.75 Å². The molecule has 0 aliphatic carbocycles. The van der Waals surface area contributed by atoms with Crippen LogP contribution in [-0.2, 0) is 0 Å². The molecule has 0 radical (unpaired) electrons. The molecule has 0 spiro atoms. The van der Waals surface area contributed by atoms with Gasteiger partial charge in [0.05, 0.1) is 22.7 Å². The van der Waals surface area contributed by atoms with E-state index >= 15 is 0 Å². The standard InChI is InChI=1S/C10H7BrF2N2O/c11-7-2-1-6(8-4-14-5-15-8)3-9(7)16-10(12)13/h1-5,10H,(H,14,15). The second kappa shape index (κ2) is 4.61. The highest BCUT2D eigenvalue weighted by atomic mass is 79.9. The Labute approximate surface area is 98.6 Å².